The monoisotopic (exact) mass is 891 g/mol. The van der Waals surface area contributed by atoms with Gasteiger partial charge in [-0.15, -0.1) is 0 Å². The van der Waals surface area contributed by atoms with Crippen LogP contribution in [0.5, 0.6) is 0 Å². The minimum Gasteiger partial charge on any atom is -0.462 e. The van der Waals surface area contributed by atoms with Crippen molar-refractivity contribution in [1.82, 2.24) is 0 Å². The van der Waals surface area contributed by atoms with Crippen LogP contribution in [0.15, 0.2) is 85.1 Å². The van der Waals surface area contributed by atoms with Crippen molar-refractivity contribution in [3.8, 4) is 0 Å². The summed E-state index contributed by atoms with van der Waals surface area (Å²) in [4.78, 5) is 37.9. The number of esters is 3. The third-order valence-corrected chi connectivity index (χ3v) is 11.1. The predicted octanol–water partition coefficient (Wildman–Crippen LogP) is 17.6. The van der Waals surface area contributed by atoms with Gasteiger partial charge in [-0.3, -0.25) is 14.4 Å². The lowest BCUT2D eigenvalue weighted by atomic mass is 10.1. The Balaban J connectivity index is 4.35. The van der Waals surface area contributed by atoms with Crippen LogP contribution in [-0.4, -0.2) is 37.2 Å². The van der Waals surface area contributed by atoms with Crippen LogP contribution in [0, 0.1) is 0 Å². The number of carbonyl (C=O) groups is 3. The van der Waals surface area contributed by atoms with Crippen molar-refractivity contribution in [1.29, 1.82) is 0 Å². The molecule has 0 fully saturated rings. The molecule has 0 rings (SSSR count). The molecule has 0 saturated heterocycles. The summed E-state index contributed by atoms with van der Waals surface area (Å²) in [6.07, 6.45) is 67.3. The van der Waals surface area contributed by atoms with E-state index in [1.165, 1.54) is 116 Å². The summed E-state index contributed by atoms with van der Waals surface area (Å²) >= 11 is 0. The molecule has 0 N–H and O–H groups in total. The molecule has 366 valence electrons. The van der Waals surface area contributed by atoms with Gasteiger partial charge in [-0.1, -0.05) is 228 Å². The molecule has 0 bridgehead atoms. The van der Waals surface area contributed by atoms with E-state index in [0.29, 0.717) is 19.3 Å². The Morgan fingerprint density at radius 3 is 1.02 bits per heavy atom. The van der Waals surface area contributed by atoms with Crippen molar-refractivity contribution >= 4 is 17.9 Å². The number of rotatable bonds is 47. The summed E-state index contributed by atoms with van der Waals surface area (Å²) in [6.45, 7) is 6.43. The Labute approximate surface area is 395 Å². The zero-order chi connectivity index (χ0) is 46.5. The average molecular weight is 891 g/mol. The predicted molar refractivity (Wildman–Crippen MR) is 274 cm³/mol. The molecule has 0 aliphatic heterocycles. The van der Waals surface area contributed by atoms with E-state index in [4.69, 9.17) is 14.2 Å². The van der Waals surface area contributed by atoms with Gasteiger partial charge < -0.3 is 14.2 Å². The van der Waals surface area contributed by atoms with Crippen molar-refractivity contribution in [2.45, 2.75) is 252 Å². The third kappa shape index (κ3) is 49.6. The fraction of sp³-hybridized carbons (Fsp3) is 0.707. The molecular formula is C58H98O6. The summed E-state index contributed by atoms with van der Waals surface area (Å²) in [5, 5.41) is 0. The highest BCUT2D eigenvalue weighted by Crippen LogP contribution is 2.14. The molecule has 0 aromatic rings. The summed E-state index contributed by atoms with van der Waals surface area (Å²) in [6, 6.07) is 0. The first-order chi connectivity index (χ1) is 31.5. The second-order valence-electron chi connectivity index (χ2n) is 17.4. The van der Waals surface area contributed by atoms with Gasteiger partial charge in [-0.25, -0.2) is 0 Å². The van der Waals surface area contributed by atoms with Crippen molar-refractivity contribution in [3.05, 3.63) is 85.1 Å². The molecule has 0 aliphatic rings. The van der Waals surface area contributed by atoms with Crippen LogP contribution in [0.2, 0.25) is 0 Å². The lowest BCUT2D eigenvalue weighted by molar-refractivity contribution is -0.166. The Morgan fingerprint density at radius 1 is 0.328 bits per heavy atom. The van der Waals surface area contributed by atoms with Crippen molar-refractivity contribution in [3.63, 3.8) is 0 Å². The van der Waals surface area contributed by atoms with E-state index in [2.05, 4.69) is 93.7 Å². The van der Waals surface area contributed by atoms with Gasteiger partial charge in [0.25, 0.3) is 0 Å². The fourth-order valence-electron chi connectivity index (χ4n) is 7.17. The Bertz CT molecular complexity index is 1250. The number of hydrogen-bond donors (Lipinski definition) is 0. The second kappa shape index (κ2) is 52.2. The smallest absolute Gasteiger partial charge is 0.306 e. The number of unbranched alkanes of at least 4 members (excludes halogenated alkanes) is 22. The molecule has 0 radical (unpaired) electrons. The van der Waals surface area contributed by atoms with Gasteiger partial charge in [0.1, 0.15) is 13.2 Å². The molecule has 6 nitrogen and oxygen atoms in total. The Hall–Kier alpha value is -3.41. The number of allylic oxidation sites excluding steroid dienone is 14. The maximum atomic E-state index is 12.7. The van der Waals surface area contributed by atoms with E-state index in [1.54, 1.807) is 0 Å². The van der Waals surface area contributed by atoms with Gasteiger partial charge in [0, 0.05) is 19.3 Å². The lowest BCUT2D eigenvalue weighted by Crippen LogP contribution is -2.30. The highest BCUT2D eigenvalue weighted by Gasteiger charge is 2.19. The van der Waals surface area contributed by atoms with Crippen LogP contribution < -0.4 is 0 Å². The van der Waals surface area contributed by atoms with Crippen molar-refractivity contribution in [2.75, 3.05) is 13.2 Å². The Morgan fingerprint density at radius 2 is 0.641 bits per heavy atom. The first kappa shape index (κ1) is 60.6. The fourth-order valence-corrected chi connectivity index (χ4v) is 7.17. The molecule has 6 heteroatoms. The summed E-state index contributed by atoms with van der Waals surface area (Å²) in [5.41, 5.74) is 0. The maximum Gasteiger partial charge on any atom is 0.306 e. The quantitative estimate of drug-likeness (QED) is 0.0262. The molecule has 0 heterocycles. The topological polar surface area (TPSA) is 78.9 Å². The molecule has 0 aromatic carbocycles. The highest BCUT2D eigenvalue weighted by molar-refractivity contribution is 5.71. The van der Waals surface area contributed by atoms with Crippen molar-refractivity contribution < 1.29 is 28.6 Å². The SMILES string of the molecule is CC/C=C\C/C=C\C/C=C\C/C=C\CCC(=O)OC(COC(=O)CCCCCCCCCC/C=C\C/C=C\C/C=C\CCCCCCC)COC(=O)CCCCCCCCCCCC. The maximum absolute atomic E-state index is 12.7. The second-order valence-corrected chi connectivity index (χ2v) is 17.4. The van der Waals surface area contributed by atoms with Gasteiger partial charge in [0.2, 0.25) is 0 Å². The van der Waals surface area contributed by atoms with Gasteiger partial charge in [-0.05, 0) is 83.5 Å². The minimum atomic E-state index is -0.815. The molecule has 0 saturated carbocycles. The van der Waals surface area contributed by atoms with Gasteiger partial charge in [0.15, 0.2) is 6.10 Å². The lowest BCUT2D eigenvalue weighted by Gasteiger charge is -2.18. The van der Waals surface area contributed by atoms with E-state index < -0.39 is 12.1 Å². The standard InChI is InChI=1S/C58H98O6/c1-4-7-10-13-16-19-22-24-25-26-27-28-29-30-31-32-33-35-36-39-42-45-48-51-57(60)63-54-55(53-62-56(59)50-47-44-41-38-21-18-15-12-9-6-3)64-58(61)52-49-46-43-40-37-34-23-20-17-14-11-8-5-2/h8,11,17,20,22,24,26-27,29-30,34,37,43,46,55H,4-7,9-10,12-16,18-19,21,23,25,28,31-33,35-36,38-42,44-45,47-54H2,1-3H3/b11-8-,20-17-,24-22-,27-26-,30-29-,37-34-,46-43-. The van der Waals surface area contributed by atoms with Crippen LogP contribution in [0.4, 0.5) is 0 Å². The molecule has 1 unspecified atom stereocenters. The van der Waals surface area contributed by atoms with E-state index in [0.717, 1.165) is 83.5 Å². The van der Waals surface area contributed by atoms with Crippen LogP contribution >= 0.6 is 0 Å². The molecule has 64 heavy (non-hydrogen) atoms. The van der Waals surface area contributed by atoms with E-state index in [1.807, 2.05) is 12.2 Å². The van der Waals surface area contributed by atoms with Crippen LogP contribution in [0.25, 0.3) is 0 Å². The van der Waals surface area contributed by atoms with Gasteiger partial charge >= 0.3 is 17.9 Å². The molecule has 0 amide bonds. The molecule has 0 aromatic heterocycles. The first-order valence-electron chi connectivity index (χ1n) is 26.6. The Kier molecular flexibility index (Phi) is 49.4. The molecular weight excluding hydrogens is 793 g/mol. The van der Waals surface area contributed by atoms with Crippen molar-refractivity contribution in [2.24, 2.45) is 0 Å². The normalized spacial score (nSPS) is 12.7. The molecule has 0 spiro atoms. The number of hydrogen-bond acceptors (Lipinski definition) is 6. The summed E-state index contributed by atoms with van der Waals surface area (Å²) < 4.78 is 16.7. The minimum absolute atomic E-state index is 0.106. The molecule has 1 atom stereocenters. The van der Waals surface area contributed by atoms with Gasteiger partial charge in [0.05, 0.1) is 0 Å². The highest BCUT2D eigenvalue weighted by atomic mass is 16.6. The van der Waals surface area contributed by atoms with Crippen LogP contribution in [-0.2, 0) is 28.6 Å². The van der Waals surface area contributed by atoms with Gasteiger partial charge in [-0.2, -0.15) is 0 Å². The first-order valence-corrected chi connectivity index (χ1v) is 26.6. The zero-order valence-electron chi connectivity index (χ0n) is 41.8. The largest absolute Gasteiger partial charge is 0.462 e. The van der Waals surface area contributed by atoms with E-state index in [9.17, 15) is 14.4 Å². The third-order valence-electron chi connectivity index (χ3n) is 11.1. The van der Waals surface area contributed by atoms with E-state index in [-0.39, 0.29) is 31.6 Å². The molecule has 0 aliphatic carbocycles. The number of ether oxygens (including phenoxy) is 3. The summed E-state index contributed by atoms with van der Waals surface area (Å²) in [7, 11) is 0. The van der Waals surface area contributed by atoms with Crippen LogP contribution in [0.3, 0.4) is 0 Å². The summed E-state index contributed by atoms with van der Waals surface area (Å²) in [5.74, 6) is -0.998. The number of carbonyl (C=O) groups excluding carboxylic acids is 3. The van der Waals surface area contributed by atoms with Crippen LogP contribution in [0.1, 0.15) is 245 Å². The van der Waals surface area contributed by atoms with E-state index >= 15 is 0 Å². The average Bonchev–Trinajstić information content (AvgIpc) is 3.29. The zero-order valence-corrected chi connectivity index (χ0v) is 41.8.